The van der Waals surface area contributed by atoms with E-state index in [4.69, 9.17) is 9.84 Å². The summed E-state index contributed by atoms with van der Waals surface area (Å²) < 4.78 is 32.4. The van der Waals surface area contributed by atoms with Crippen molar-refractivity contribution in [3.8, 4) is 11.4 Å². The first-order valence-corrected chi connectivity index (χ1v) is 5.86. The average molecular weight is 268 g/mol. The van der Waals surface area contributed by atoms with E-state index in [1.54, 1.807) is 24.3 Å². The number of ether oxygens (including phenoxy) is 1. The smallest absolute Gasteiger partial charge is 0.280 e. The molecule has 6 heteroatoms. The number of hydrogen-bond acceptors (Lipinski definition) is 3. The fraction of sp³-hybridized carbons (Fsp3) is 0.308. The van der Waals surface area contributed by atoms with Gasteiger partial charge < -0.3 is 9.84 Å². The lowest BCUT2D eigenvalue weighted by atomic mass is 10.2. The zero-order chi connectivity index (χ0) is 13.8. The Morgan fingerprint density at radius 1 is 1.32 bits per heavy atom. The van der Waals surface area contributed by atoms with Gasteiger partial charge in [0.05, 0.1) is 25.1 Å². The molecule has 0 unspecified atom stereocenters. The standard InChI is InChI=1S/C13H14F2N2O2/c1-2-19-11-5-3-10(4-6-11)17-12(13(14)15)9(8-18)7-16-17/h3-7,13,18H,2,8H2,1H3. The molecule has 0 radical (unpaired) electrons. The molecule has 0 bridgehead atoms. The maximum atomic E-state index is 13.0. The Bertz CT molecular complexity index is 538. The van der Waals surface area contributed by atoms with Crippen LogP contribution in [0.25, 0.3) is 5.69 Å². The maximum absolute atomic E-state index is 13.0. The van der Waals surface area contributed by atoms with Gasteiger partial charge in [-0.3, -0.25) is 0 Å². The highest BCUT2D eigenvalue weighted by Crippen LogP contribution is 2.26. The topological polar surface area (TPSA) is 47.3 Å². The van der Waals surface area contributed by atoms with E-state index in [1.165, 1.54) is 6.20 Å². The number of hydrogen-bond donors (Lipinski definition) is 1. The van der Waals surface area contributed by atoms with Gasteiger partial charge in [-0.15, -0.1) is 0 Å². The normalized spacial score (nSPS) is 11.0. The Morgan fingerprint density at radius 2 is 2.00 bits per heavy atom. The van der Waals surface area contributed by atoms with Gasteiger partial charge in [-0.25, -0.2) is 13.5 Å². The van der Waals surface area contributed by atoms with Gasteiger partial charge in [0.25, 0.3) is 6.43 Å². The molecule has 0 aliphatic heterocycles. The van der Waals surface area contributed by atoms with Gasteiger partial charge in [0.15, 0.2) is 0 Å². The number of nitrogens with zero attached hydrogens (tertiary/aromatic N) is 2. The Hall–Kier alpha value is -1.95. The van der Waals surface area contributed by atoms with Gasteiger partial charge in [0, 0.05) is 5.56 Å². The van der Waals surface area contributed by atoms with Crippen LogP contribution in [0.15, 0.2) is 30.5 Å². The molecule has 0 aliphatic rings. The van der Waals surface area contributed by atoms with Crippen LogP contribution in [0.2, 0.25) is 0 Å². The van der Waals surface area contributed by atoms with Crippen LogP contribution in [0.4, 0.5) is 8.78 Å². The lowest BCUT2D eigenvalue weighted by Gasteiger charge is -2.09. The van der Waals surface area contributed by atoms with Crippen molar-refractivity contribution < 1.29 is 18.6 Å². The molecule has 2 aromatic rings. The predicted molar refractivity (Wildman–Crippen MR) is 65.6 cm³/mol. The van der Waals surface area contributed by atoms with E-state index in [-0.39, 0.29) is 11.3 Å². The van der Waals surface area contributed by atoms with Crippen LogP contribution >= 0.6 is 0 Å². The largest absolute Gasteiger partial charge is 0.494 e. The van der Waals surface area contributed by atoms with E-state index in [9.17, 15) is 8.78 Å². The first-order chi connectivity index (χ1) is 9.17. The number of rotatable bonds is 5. The molecule has 0 saturated carbocycles. The summed E-state index contributed by atoms with van der Waals surface area (Å²) in [5.41, 5.74) is 0.342. The Balaban J connectivity index is 2.38. The summed E-state index contributed by atoms with van der Waals surface area (Å²) in [6, 6.07) is 6.67. The van der Waals surface area contributed by atoms with Crippen LogP contribution in [0, 0.1) is 0 Å². The highest BCUT2D eigenvalue weighted by atomic mass is 19.3. The van der Waals surface area contributed by atoms with Gasteiger partial charge >= 0.3 is 0 Å². The number of halogens is 2. The summed E-state index contributed by atoms with van der Waals surface area (Å²) in [6.07, 6.45) is -1.45. The van der Waals surface area contributed by atoms with Crippen molar-refractivity contribution in [3.63, 3.8) is 0 Å². The minimum absolute atomic E-state index is 0.129. The van der Waals surface area contributed by atoms with Gasteiger partial charge in [0.1, 0.15) is 11.4 Å². The molecule has 2 rings (SSSR count). The minimum Gasteiger partial charge on any atom is -0.494 e. The van der Waals surface area contributed by atoms with Crippen molar-refractivity contribution in [2.75, 3.05) is 6.61 Å². The summed E-state index contributed by atoms with van der Waals surface area (Å²) in [4.78, 5) is 0. The Morgan fingerprint density at radius 3 is 2.53 bits per heavy atom. The Kier molecular flexibility index (Phi) is 4.11. The summed E-state index contributed by atoms with van der Waals surface area (Å²) in [5, 5.41) is 12.9. The molecule has 0 spiro atoms. The van der Waals surface area contributed by atoms with E-state index in [0.29, 0.717) is 18.0 Å². The second-order valence-electron chi connectivity index (χ2n) is 3.85. The molecular formula is C13H14F2N2O2. The number of aromatic nitrogens is 2. The molecule has 0 saturated heterocycles. The number of aliphatic hydroxyl groups is 1. The number of alkyl halides is 2. The van der Waals surface area contributed by atoms with Crippen LogP contribution < -0.4 is 4.74 Å². The fourth-order valence-corrected chi connectivity index (χ4v) is 1.80. The molecule has 0 aliphatic carbocycles. The average Bonchev–Trinajstić information content (AvgIpc) is 2.84. The van der Waals surface area contributed by atoms with E-state index in [2.05, 4.69) is 5.10 Å². The Labute approximate surface area is 109 Å². The third-order valence-electron chi connectivity index (χ3n) is 2.66. The molecule has 1 aromatic heterocycles. The van der Waals surface area contributed by atoms with Crippen molar-refractivity contribution in [2.45, 2.75) is 20.0 Å². The summed E-state index contributed by atoms with van der Waals surface area (Å²) in [7, 11) is 0. The zero-order valence-electron chi connectivity index (χ0n) is 10.4. The minimum atomic E-state index is -2.70. The molecule has 1 aromatic carbocycles. The predicted octanol–water partition coefficient (Wildman–Crippen LogP) is 2.70. The van der Waals surface area contributed by atoms with Crippen molar-refractivity contribution in [3.05, 3.63) is 41.7 Å². The number of aliphatic hydroxyl groups excluding tert-OH is 1. The van der Waals surface area contributed by atoms with Gasteiger partial charge in [-0.05, 0) is 31.2 Å². The second kappa shape index (κ2) is 5.79. The molecule has 1 N–H and O–H groups in total. The van der Waals surface area contributed by atoms with Crippen molar-refractivity contribution in [1.82, 2.24) is 9.78 Å². The van der Waals surface area contributed by atoms with Crippen LogP contribution in [0.5, 0.6) is 5.75 Å². The van der Waals surface area contributed by atoms with Gasteiger partial charge in [-0.2, -0.15) is 5.10 Å². The van der Waals surface area contributed by atoms with Crippen molar-refractivity contribution in [1.29, 1.82) is 0 Å². The summed E-state index contributed by atoms with van der Waals surface area (Å²) >= 11 is 0. The molecule has 4 nitrogen and oxygen atoms in total. The van der Waals surface area contributed by atoms with Gasteiger partial charge in [-0.1, -0.05) is 0 Å². The highest BCUT2D eigenvalue weighted by Gasteiger charge is 2.20. The molecule has 1 heterocycles. The lowest BCUT2D eigenvalue weighted by Crippen LogP contribution is -2.04. The quantitative estimate of drug-likeness (QED) is 0.907. The summed E-state index contributed by atoms with van der Waals surface area (Å²) in [6.45, 7) is 1.94. The summed E-state index contributed by atoms with van der Waals surface area (Å²) in [5.74, 6) is 0.666. The number of benzene rings is 1. The molecule has 0 fully saturated rings. The molecular weight excluding hydrogens is 254 g/mol. The zero-order valence-corrected chi connectivity index (χ0v) is 10.4. The third kappa shape index (κ3) is 2.73. The second-order valence-corrected chi connectivity index (χ2v) is 3.85. The maximum Gasteiger partial charge on any atom is 0.280 e. The lowest BCUT2D eigenvalue weighted by molar-refractivity contribution is 0.138. The van der Waals surface area contributed by atoms with E-state index in [1.807, 2.05) is 6.92 Å². The van der Waals surface area contributed by atoms with Crippen LogP contribution in [0.3, 0.4) is 0 Å². The van der Waals surface area contributed by atoms with Gasteiger partial charge in [0.2, 0.25) is 0 Å². The van der Waals surface area contributed by atoms with E-state index in [0.717, 1.165) is 4.68 Å². The van der Waals surface area contributed by atoms with Crippen molar-refractivity contribution in [2.24, 2.45) is 0 Å². The van der Waals surface area contributed by atoms with E-state index < -0.39 is 13.0 Å². The third-order valence-corrected chi connectivity index (χ3v) is 2.66. The fourth-order valence-electron chi connectivity index (χ4n) is 1.80. The first kappa shape index (κ1) is 13.5. The van der Waals surface area contributed by atoms with E-state index >= 15 is 0 Å². The highest BCUT2D eigenvalue weighted by molar-refractivity contribution is 5.39. The first-order valence-electron chi connectivity index (χ1n) is 5.86. The monoisotopic (exact) mass is 268 g/mol. The molecule has 0 amide bonds. The van der Waals surface area contributed by atoms with Crippen LogP contribution in [-0.2, 0) is 6.61 Å². The molecule has 0 atom stereocenters. The molecule has 19 heavy (non-hydrogen) atoms. The SMILES string of the molecule is CCOc1ccc(-n2ncc(CO)c2C(F)F)cc1. The molecule has 102 valence electrons. The van der Waals surface area contributed by atoms with Crippen LogP contribution in [0.1, 0.15) is 24.6 Å². The van der Waals surface area contributed by atoms with Crippen LogP contribution in [-0.4, -0.2) is 21.5 Å². The van der Waals surface area contributed by atoms with Crippen molar-refractivity contribution >= 4 is 0 Å².